The zero-order valence-corrected chi connectivity index (χ0v) is 10.5. The Kier molecular flexibility index (Phi) is 2.87. The van der Waals surface area contributed by atoms with E-state index in [0.29, 0.717) is 11.7 Å². The lowest BCUT2D eigenvalue weighted by molar-refractivity contribution is 0.200. The maximum absolute atomic E-state index is 9.09. The van der Waals surface area contributed by atoms with Gasteiger partial charge in [0.1, 0.15) is 12.1 Å². The Balaban J connectivity index is 1.96. The van der Waals surface area contributed by atoms with Crippen LogP contribution in [0.25, 0.3) is 5.78 Å². The van der Waals surface area contributed by atoms with Gasteiger partial charge in [0.05, 0.1) is 0 Å². The van der Waals surface area contributed by atoms with Gasteiger partial charge in [-0.1, -0.05) is 13.3 Å². The predicted molar refractivity (Wildman–Crippen MR) is 67.6 cm³/mol. The SMILES string of the molecule is CCCc1cc(N2CC(CO)C2)n2ncnc2n1. The Morgan fingerprint density at radius 1 is 1.44 bits per heavy atom. The number of hydrogen-bond donors (Lipinski definition) is 1. The minimum atomic E-state index is 0.254. The van der Waals surface area contributed by atoms with Gasteiger partial charge in [0, 0.05) is 37.4 Å². The van der Waals surface area contributed by atoms with Crippen molar-refractivity contribution in [3.63, 3.8) is 0 Å². The van der Waals surface area contributed by atoms with Crippen molar-refractivity contribution in [1.29, 1.82) is 0 Å². The van der Waals surface area contributed by atoms with Crippen LogP contribution in [0.4, 0.5) is 5.82 Å². The van der Waals surface area contributed by atoms with Gasteiger partial charge in [-0.2, -0.15) is 14.6 Å². The first kappa shape index (κ1) is 11.4. The monoisotopic (exact) mass is 247 g/mol. The van der Waals surface area contributed by atoms with Crippen LogP contribution in [-0.2, 0) is 6.42 Å². The zero-order valence-electron chi connectivity index (χ0n) is 10.5. The Hall–Kier alpha value is -1.69. The Morgan fingerprint density at radius 2 is 2.28 bits per heavy atom. The van der Waals surface area contributed by atoms with E-state index in [2.05, 4.69) is 33.0 Å². The Bertz CT molecular complexity index is 546. The van der Waals surface area contributed by atoms with Crippen LogP contribution in [0.3, 0.4) is 0 Å². The molecular formula is C12H17N5O. The quantitative estimate of drug-likeness (QED) is 0.852. The molecule has 18 heavy (non-hydrogen) atoms. The molecule has 0 radical (unpaired) electrons. The summed E-state index contributed by atoms with van der Waals surface area (Å²) in [6.45, 7) is 4.15. The molecule has 1 aliphatic rings. The van der Waals surface area contributed by atoms with Gasteiger partial charge < -0.3 is 10.0 Å². The van der Waals surface area contributed by atoms with E-state index in [9.17, 15) is 0 Å². The number of aromatic nitrogens is 4. The fourth-order valence-electron chi connectivity index (χ4n) is 2.33. The van der Waals surface area contributed by atoms with Crippen molar-refractivity contribution in [2.24, 2.45) is 5.92 Å². The number of aliphatic hydroxyl groups excluding tert-OH is 1. The molecule has 0 atom stereocenters. The second-order valence-electron chi connectivity index (χ2n) is 4.78. The first-order valence-electron chi connectivity index (χ1n) is 6.37. The summed E-state index contributed by atoms with van der Waals surface area (Å²) in [5.74, 6) is 2.07. The number of hydrogen-bond acceptors (Lipinski definition) is 5. The van der Waals surface area contributed by atoms with Crippen molar-refractivity contribution >= 4 is 11.6 Å². The maximum Gasteiger partial charge on any atom is 0.254 e. The van der Waals surface area contributed by atoms with E-state index in [4.69, 9.17) is 5.11 Å². The molecular weight excluding hydrogens is 230 g/mol. The minimum Gasteiger partial charge on any atom is -0.396 e. The van der Waals surface area contributed by atoms with Gasteiger partial charge in [0.15, 0.2) is 0 Å². The molecule has 1 N–H and O–H groups in total. The van der Waals surface area contributed by atoms with Gasteiger partial charge in [-0.15, -0.1) is 0 Å². The summed E-state index contributed by atoms with van der Waals surface area (Å²) in [6.07, 6.45) is 3.55. The minimum absolute atomic E-state index is 0.254. The van der Waals surface area contributed by atoms with E-state index in [0.717, 1.165) is 37.4 Å². The highest BCUT2D eigenvalue weighted by Gasteiger charge is 2.28. The molecule has 0 amide bonds. The lowest BCUT2D eigenvalue weighted by Gasteiger charge is -2.39. The van der Waals surface area contributed by atoms with E-state index in [1.54, 1.807) is 4.52 Å². The van der Waals surface area contributed by atoms with E-state index in [1.807, 2.05) is 0 Å². The molecule has 3 rings (SSSR count). The van der Waals surface area contributed by atoms with Crippen molar-refractivity contribution in [2.75, 3.05) is 24.6 Å². The highest BCUT2D eigenvalue weighted by molar-refractivity contribution is 5.49. The van der Waals surface area contributed by atoms with Crippen LogP contribution in [0.15, 0.2) is 12.4 Å². The van der Waals surface area contributed by atoms with Gasteiger partial charge in [-0.25, -0.2) is 4.98 Å². The third-order valence-electron chi connectivity index (χ3n) is 3.33. The topological polar surface area (TPSA) is 66.5 Å². The Morgan fingerprint density at radius 3 is 3.00 bits per heavy atom. The second-order valence-corrected chi connectivity index (χ2v) is 4.78. The van der Waals surface area contributed by atoms with Gasteiger partial charge in [0.2, 0.25) is 0 Å². The largest absolute Gasteiger partial charge is 0.396 e. The third kappa shape index (κ3) is 1.82. The van der Waals surface area contributed by atoms with Crippen LogP contribution in [0.2, 0.25) is 0 Å². The maximum atomic E-state index is 9.09. The molecule has 1 aliphatic heterocycles. The first-order valence-corrected chi connectivity index (χ1v) is 6.37. The average molecular weight is 247 g/mol. The molecule has 3 heterocycles. The van der Waals surface area contributed by atoms with Gasteiger partial charge in [-0.3, -0.25) is 0 Å². The number of aryl methyl sites for hydroxylation is 1. The standard InChI is InChI=1S/C12H17N5O/c1-2-3-10-4-11(16-5-9(6-16)7-18)17-12(15-10)13-8-14-17/h4,8-9,18H,2-3,5-7H2,1H3. The molecule has 1 fully saturated rings. The summed E-state index contributed by atoms with van der Waals surface area (Å²) < 4.78 is 1.77. The normalized spacial score (nSPS) is 16.2. The lowest BCUT2D eigenvalue weighted by atomic mass is 10.0. The van der Waals surface area contributed by atoms with Gasteiger partial charge in [-0.05, 0) is 6.42 Å². The summed E-state index contributed by atoms with van der Waals surface area (Å²) in [4.78, 5) is 10.9. The molecule has 96 valence electrons. The predicted octanol–water partition coefficient (Wildman–Crippen LogP) is 0.505. The lowest BCUT2D eigenvalue weighted by Crippen LogP contribution is -2.49. The molecule has 0 bridgehead atoms. The molecule has 6 heteroatoms. The summed E-state index contributed by atoms with van der Waals surface area (Å²) in [6, 6.07) is 2.08. The summed E-state index contributed by atoms with van der Waals surface area (Å²) in [5, 5.41) is 13.3. The van der Waals surface area contributed by atoms with E-state index >= 15 is 0 Å². The van der Waals surface area contributed by atoms with Gasteiger partial charge in [0.25, 0.3) is 5.78 Å². The van der Waals surface area contributed by atoms with Crippen molar-refractivity contribution in [1.82, 2.24) is 19.6 Å². The van der Waals surface area contributed by atoms with E-state index in [1.165, 1.54) is 6.33 Å². The molecule has 0 spiro atoms. The molecule has 0 aliphatic carbocycles. The molecule has 0 aromatic carbocycles. The van der Waals surface area contributed by atoms with E-state index in [-0.39, 0.29) is 6.61 Å². The Labute approximate surface area is 105 Å². The van der Waals surface area contributed by atoms with Crippen LogP contribution < -0.4 is 4.90 Å². The van der Waals surface area contributed by atoms with Crippen molar-refractivity contribution in [3.05, 3.63) is 18.1 Å². The van der Waals surface area contributed by atoms with Crippen molar-refractivity contribution in [2.45, 2.75) is 19.8 Å². The summed E-state index contributed by atoms with van der Waals surface area (Å²) in [7, 11) is 0. The molecule has 0 saturated carbocycles. The van der Waals surface area contributed by atoms with Crippen LogP contribution in [0, 0.1) is 5.92 Å². The number of anilines is 1. The van der Waals surface area contributed by atoms with E-state index < -0.39 is 0 Å². The number of fused-ring (bicyclic) bond motifs is 1. The second kappa shape index (κ2) is 4.53. The van der Waals surface area contributed by atoms with Crippen LogP contribution in [0.5, 0.6) is 0 Å². The van der Waals surface area contributed by atoms with Crippen LogP contribution >= 0.6 is 0 Å². The zero-order chi connectivity index (χ0) is 12.5. The van der Waals surface area contributed by atoms with Gasteiger partial charge >= 0.3 is 0 Å². The molecule has 6 nitrogen and oxygen atoms in total. The summed E-state index contributed by atoms with van der Waals surface area (Å²) in [5.41, 5.74) is 1.06. The molecule has 1 saturated heterocycles. The molecule has 0 unspecified atom stereocenters. The molecule has 2 aromatic rings. The fraction of sp³-hybridized carbons (Fsp3) is 0.583. The first-order chi connectivity index (χ1) is 8.81. The average Bonchev–Trinajstić information content (AvgIpc) is 2.76. The van der Waals surface area contributed by atoms with Crippen molar-refractivity contribution in [3.8, 4) is 0 Å². The highest BCUT2D eigenvalue weighted by atomic mass is 16.3. The summed E-state index contributed by atoms with van der Waals surface area (Å²) >= 11 is 0. The third-order valence-corrected chi connectivity index (χ3v) is 3.33. The van der Waals surface area contributed by atoms with Crippen LogP contribution in [-0.4, -0.2) is 44.4 Å². The number of aliphatic hydroxyl groups is 1. The van der Waals surface area contributed by atoms with Crippen LogP contribution in [0.1, 0.15) is 19.0 Å². The highest BCUT2D eigenvalue weighted by Crippen LogP contribution is 2.25. The van der Waals surface area contributed by atoms with Crippen molar-refractivity contribution < 1.29 is 5.11 Å². The number of nitrogens with zero attached hydrogens (tertiary/aromatic N) is 5. The molecule has 2 aromatic heterocycles. The number of rotatable bonds is 4. The smallest absolute Gasteiger partial charge is 0.254 e. The fourth-order valence-corrected chi connectivity index (χ4v) is 2.33.